The average Bonchev–Trinajstić information content (AvgIpc) is 3.10. The molecular weight excluding hydrogens is 304 g/mol. The first-order valence-electron chi connectivity index (χ1n) is 8.98. The van der Waals surface area contributed by atoms with Crippen LogP contribution in [-0.2, 0) is 9.53 Å². The summed E-state index contributed by atoms with van der Waals surface area (Å²) < 4.78 is 11.4. The second-order valence-corrected chi connectivity index (χ2v) is 6.39. The summed E-state index contributed by atoms with van der Waals surface area (Å²) in [6.45, 7) is 10.2. The van der Waals surface area contributed by atoms with Gasteiger partial charge in [0.1, 0.15) is 18.0 Å². The largest absolute Gasteiger partial charge is 0.492 e. The number of ether oxygens (including phenoxy) is 2. The van der Waals surface area contributed by atoms with Crippen molar-refractivity contribution in [1.29, 1.82) is 0 Å². The maximum Gasteiger partial charge on any atom is 0.256 e. The molecule has 0 bridgehead atoms. The molecule has 1 aromatic rings. The number of likely N-dealkylation sites (tertiary alicyclic amines) is 1. The zero-order chi connectivity index (χ0) is 17.4. The van der Waals surface area contributed by atoms with Crippen molar-refractivity contribution < 1.29 is 14.3 Å². The van der Waals surface area contributed by atoms with Gasteiger partial charge in [-0.05, 0) is 70.5 Å². The van der Waals surface area contributed by atoms with Gasteiger partial charge in [0, 0.05) is 18.8 Å². The van der Waals surface area contributed by atoms with Crippen LogP contribution >= 0.6 is 0 Å². The van der Waals surface area contributed by atoms with Gasteiger partial charge in [0.15, 0.2) is 0 Å². The van der Waals surface area contributed by atoms with Crippen LogP contribution in [0.25, 0.3) is 0 Å². The molecule has 5 heteroatoms. The SMILES string of the molecule is CCO[C@@](C)(CC)C(=O)Nc1ccc(OCCN2CCCC2)cc1. The highest BCUT2D eigenvalue weighted by molar-refractivity contribution is 5.97. The average molecular weight is 334 g/mol. The predicted octanol–water partition coefficient (Wildman–Crippen LogP) is 3.30. The molecule has 1 saturated heterocycles. The first-order chi connectivity index (χ1) is 11.6. The molecule has 0 radical (unpaired) electrons. The molecule has 5 nitrogen and oxygen atoms in total. The Morgan fingerprint density at radius 1 is 1.21 bits per heavy atom. The van der Waals surface area contributed by atoms with Crippen LogP contribution in [0.15, 0.2) is 24.3 Å². The highest BCUT2D eigenvalue weighted by Gasteiger charge is 2.31. The molecule has 1 heterocycles. The van der Waals surface area contributed by atoms with E-state index in [0.29, 0.717) is 19.6 Å². The summed E-state index contributed by atoms with van der Waals surface area (Å²) in [6, 6.07) is 7.52. The molecule has 2 rings (SSSR count). The van der Waals surface area contributed by atoms with E-state index in [9.17, 15) is 4.79 Å². The van der Waals surface area contributed by atoms with Crippen molar-refractivity contribution in [2.24, 2.45) is 0 Å². The number of nitrogens with zero attached hydrogens (tertiary/aromatic N) is 1. The third-order valence-corrected chi connectivity index (χ3v) is 4.61. The summed E-state index contributed by atoms with van der Waals surface area (Å²) >= 11 is 0. The maximum absolute atomic E-state index is 12.4. The quantitative estimate of drug-likeness (QED) is 0.753. The van der Waals surface area contributed by atoms with E-state index >= 15 is 0 Å². The third-order valence-electron chi connectivity index (χ3n) is 4.61. The number of hydrogen-bond donors (Lipinski definition) is 1. The highest BCUT2D eigenvalue weighted by atomic mass is 16.5. The first-order valence-corrected chi connectivity index (χ1v) is 8.98. The minimum atomic E-state index is -0.792. The van der Waals surface area contributed by atoms with Crippen LogP contribution in [0.4, 0.5) is 5.69 Å². The molecule has 1 aliphatic heterocycles. The fraction of sp³-hybridized carbons (Fsp3) is 0.632. The van der Waals surface area contributed by atoms with Crippen molar-refractivity contribution in [3.63, 3.8) is 0 Å². The molecule has 134 valence electrons. The van der Waals surface area contributed by atoms with E-state index in [1.54, 1.807) is 0 Å². The Labute approximate surface area is 145 Å². The second-order valence-electron chi connectivity index (χ2n) is 6.39. The van der Waals surface area contributed by atoms with Gasteiger partial charge in [-0.2, -0.15) is 0 Å². The van der Waals surface area contributed by atoms with E-state index in [2.05, 4.69) is 10.2 Å². The molecule has 1 amide bonds. The molecule has 1 N–H and O–H groups in total. The zero-order valence-corrected chi connectivity index (χ0v) is 15.1. The number of carbonyl (C=O) groups excluding carboxylic acids is 1. The van der Waals surface area contributed by atoms with Gasteiger partial charge in [-0.25, -0.2) is 0 Å². The molecule has 1 atom stereocenters. The van der Waals surface area contributed by atoms with E-state index in [1.165, 1.54) is 25.9 Å². The van der Waals surface area contributed by atoms with Gasteiger partial charge in [-0.3, -0.25) is 9.69 Å². The maximum atomic E-state index is 12.4. The van der Waals surface area contributed by atoms with E-state index < -0.39 is 5.60 Å². The van der Waals surface area contributed by atoms with Gasteiger partial charge in [0.2, 0.25) is 0 Å². The molecule has 1 aromatic carbocycles. The molecule has 1 fully saturated rings. The number of nitrogens with one attached hydrogen (secondary N) is 1. The summed E-state index contributed by atoms with van der Waals surface area (Å²) in [5, 5.41) is 2.92. The lowest BCUT2D eigenvalue weighted by atomic mass is 10.0. The second kappa shape index (κ2) is 9.04. The van der Waals surface area contributed by atoms with Crippen molar-refractivity contribution in [2.45, 2.75) is 45.6 Å². The van der Waals surface area contributed by atoms with Crippen molar-refractivity contribution in [1.82, 2.24) is 4.90 Å². The highest BCUT2D eigenvalue weighted by Crippen LogP contribution is 2.20. The standard InChI is InChI=1S/C19H30N2O3/c1-4-19(3,24-5-2)18(22)20-16-8-10-17(11-9-16)23-15-14-21-12-6-7-13-21/h8-11H,4-7,12-15H2,1-3H3,(H,20,22)/t19-/m0/s1. The number of benzene rings is 1. The van der Waals surface area contributed by atoms with Crippen molar-refractivity contribution in [3.8, 4) is 5.75 Å². The lowest BCUT2D eigenvalue weighted by molar-refractivity contribution is -0.139. The number of carbonyl (C=O) groups is 1. The molecule has 0 aromatic heterocycles. The van der Waals surface area contributed by atoms with Crippen LogP contribution in [0.2, 0.25) is 0 Å². The molecule has 0 aliphatic carbocycles. The number of hydrogen-bond acceptors (Lipinski definition) is 4. The Bertz CT molecular complexity index is 512. The van der Waals surface area contributed by atoms with Crippen LogP contribution in [0.3, 0.4) is 0 Å². The fourth-order valence-electron chi connectivity index (χ4n) is 2.84. The summed E-state index contributed by atoms with van der Waals surface area (Å²) in [7, 11) is 0. The Morgan fingerprint density at radius 2 is 1.88 bits per heavy atom. The van der Waals surface area contributed by atoms with Crippen molar-refractivity contribution >= 4 is 11.6 Å². The van der Waals surface area contributed by atoms with E-state index in [1.807, 2.05) is 45.0 Å². The van der Waals surface area contributed by atoms with Crippen LogP contribution in [0, 0.1) is 0 Å². The van der Waals surface area contributed by atoms with E-state index in [-0.39, 0.29) is 5.91 Å². The van der Waals surface area contributed by atoms with Crippen molar-refractivity contribution in [3.05, 3.63) is 24.3 Å². The lowest BCUT2D eigenvalue weighted by Crippen LogP contribution is -2.42. The number of amides is 1. The summed E-state index contributed by atoms with van der Waals surface area (Å²) in [4.78, 5) is 14.8. The third kappa shape index (κ3) is 5.21. The molecule has 0 spiro atoms. The Balaban J connectivity index is 1.81. The lowest BCUT2D eigenvalue weighted by Gasteiger charge is -2.26. The monoisotopic (exact) mass is 334 g/mol. The van der Waals surface area contributed by atoms with Gasteiger partial charge in [0.25, 0.3) is 5.91 Å². The molecule has 24 heavy (non-hydrogen) atoms. The summed E-state index contributed by atoms with van der Waals surface area (Å²) in [5.74, 6) is 0.713. The predicted molar refractivity (Wildman–Crippen MR) is 96.6 cm³/mol. The smallest absolute Gasteiger partial charge is 0.256 e. The topological polar surface area (TPSA) is 50.8 Å². The molecular formula is C19H30N2O3. The van der Waals surface area contributed by atoms with Crippen LogP contribution < -0.4 is 10.1 Å². The van der Waals surface area contributed by atoms with Crippen LogP contribution in [-0.4, -0.2) is 49.3 Å². The van der Waals surface area contributed by atoms with Gasteiger partial charge in [-0.1, -0.05) is 6.92 Å². The Kier molecular flexibility index (Phi) is 7.06. The van der Waals surface area contributed by atoms with Gasteiger partial charge in [0.05, 0.1) is 0 Å². The Morgan fingerprint density at radius 3 is 2.46 bits per heavy atom. The zero-order valence-electron chi connectivity index (χ0n) is 15.1. The van der Waals surface area contributed by atoms with Gasteiger partial charge < -0.3 is 14.8 Å². The molecule has 1 aliphatic rings. The van der Waals surface area contributed by atoms with Crippen LogP contribution in [0.5, 0.6) is 5.75 Å². The summed E-state index contributed by atoms with van der Waals surface area (Å²) in [5.41, 5.74) is -0.0362. The fourth-order valence-corrected chi connectivity index (χ4v) is 2.84. The molecule has 0 saturated carbocycles. The minimum absolute atomic E-state index is 0.116. The normalized spacial score (nSPS) is 17.5. The summed E-state index contributed by atoms with van der Waals surface area (Å²) in [6.07, 6.45) is 3.23. The number of rotatable bonds is 9. The van der Waals surface area contributed by atoms with E-state index in [0.717, 1.165) is 18.0 Å². The first kappa shape index (κ1) is 18.7. The Hall–Kier alpha value is -1.59. The minimum Gasteiger partial charge on any atom is -0.492 e. The number of anilines is 1. The van der Waals surface area contributed by atoms with Gasteiger partial charge >= 0.3 is 0 Å². The molecule has 0 unspecified atom stereocenters. The van der Waals surface area contributed by atoms with E-state index in [4.69, 9.17) is 9.47 Å². The van der Waals surface area contributed by atoms with Crippen molar-refractivity contribution in [2.75, 3.05) is 38.2 Å². The van der Waals surface area contributed by atoms with Gasteiger partial charge in [-0.15, -0.1) is 0 Å². The van der Waals surface area contributed by atoms with Crippen LogP contribution in [0.1, 0.15) is 40.0 Å².